The number of benzene rings is 1. The molecule has 1 aromatic rings. The average molecular weight is 310 g/mol. The van der Waals surface area contributed by atoms with Crippen LogP contribution >= 0.6 is 15.9 Å². The maximum absolute atomic E-state index is 10.4. The number of nitrogens with zero attached hydrogens (tertiary/aromatic N) is 1. The minimum Gasteiger partial charge on any atom is -0.306 e. The van der Waals surface area contributed by atoms with Gasteiger partial charge in [0, 0.05) is 10.9 Å². The minimum absolute atomic E-state index is 0.611. The molecule has 1 aliphatic heterocycles. The number of carbonyl (C=O) groups is 1. The van der Waals surface area contributed by atoms with Crippen molar-refractivity contribution >= 4 is 22.2 Å². The van der Waals surface area contributed by atoms with Gasteiger partial charge in [-0.05, 0) is 62.5 Å². The van der Waals surface area contributed by atoms with E-state index in [1.807, 2.05) is 0 Å². The zero-order valence-corrected chi connectivity index (χ0v) is 12.4. The highest BCUT2D eigenvalue weighted by molar-refractivity contribution is 9.10. The summed E-state index contributed by atoms with van der Waals surface area (Å²) in [5.41, 5.74) is 2.67. The number of carbonyl (C=O) groups excluding carboxylic acids is 1. The Morgan fingerprint density at radius 1 is 1.39 bits per heavy atom. The highest BCUT2D eigenvalue weighted by Gasteiger charge is 2.20. The van der Waals surface area contributed by atoms with Gasteiger partial charge in [-0.15, -0.1) is 0 Å². The molecule has 1 saturated heterocycles. The fourth-order valence-electron chi connectivity index (χ4n) is 2.60. The van der Waals surface area contributed by atoms with Gasteiger partial charge in [-0.3, -0.25) is 0 Å². The van der Waals surface area contributed by atoms with Crippen molar-refractivity contribution in [2.45, 2.75) is 31.6 Å². The van der Waals surface area contributed by atoms with Crippen LogP contribution in [0.15, 0.2) is 22.7 Å². The fraction of sp³-hybridized carbons (Fsp3) is 0.533. The van der Waals surface area contributed by atoms with E-state index in [0.717, 1.165) is 12.7 Å². The summed E-state index contributed by atoms with van der Waals surface area (Å²) in [6.45, 7) is 2.37. The molecule has 18 heavy (non-hydrogen) atoms. The zero-order chi connectivity index (χ0) is 13.0. The quantitative estimate of drug-likeness (QED) is 0.795. The molecule has 0 aromatic heterocycles. The summed E-state index contributed by atoms with van der Waals surface area (Å²) in [4.78, 5) is 12.8. The van der Waals surface area contributed by atoms with Crippen LogP contribution in [0.2, 0.25) is 0 Å². The lowest BCUT2D eigenvalue weighted by Gasteiger charge is -2.29. The third kappa shape index (κ3) is 3.42. The first-order valence-corrected chi connectivity index (χ1v) is 7.40. The molecule has 0 unspecified atom stereocenters. The van der Waals surface area contributed by atoms with E-state index < -0.39 is 0 Å². The first kappa shape index (κ1) is 13.8. The third-order valence-electron chi connectivity index (χ3n) is 3.77. The van der Waals surface area contributed by atoms with Crippen LogP contribution in [0.25, 0.3) is 0 Å². The Labute approximate surface area is 117 Å². The molecule has 1 aliphatic rings. The van der Waals surface area contributed by atoms with Crippen LogP contribution in [0.3, 0.4) is 0 Å². The van der Waals surface area contributed by atoms with E-state index in [-0.39, 0.29) is 0 Å². The summed E-state index contributed by atoms with van der Waals surface area (Å²) in [6, 6.07) is 6.58. The molecule has 2 rings (SSSR count). The molecular weight excluding hydrogens is 290 g/mol. The van der Waals surface area contributed by atoms with Crippen LogP contribution in [-0.2, 0) is 11.2 Å². The molecule has 0 N–H and O–H groups in total. The molecule has 1 heterocycles. The molecule has 1 aromatic carbocycles. The number of likely N-dealkylation sites (tertiary alicyclic amines) is 1. The van der Waals surface area contributed by atoms with Crippen molar-refractivity contribution in [1.82, 2.24) is 4.90 Å². The molecule has 0 spiro atoms. The molecule has 0 amide bonds. The van der Waals surface area contributed by atoms with Crippen molar-refractivity contribution < 1.29 is 4.79 Å². The smallest absolute Gasteiger partial charge is 0.120 e. The van der Waals surface area contributed by atoms with Gasteiger partial charge in [-0.25, -0.2) is 0 Å². The Morgan fingerprint density at radius 3 is 2.72 bits per heavy atom. The Kier molecular flexibility index (Phi) is 4.95. The summed E-state index contributed by atoms with van der Waals surface area (Å²) in [5.74, 6) is 0.677. The van der Waals surface area contributed by atoms with Crippen molar-refractivity contribution in [3.8, 4) is 0 Å². The van der Waals surface area contributed by atoms with E-state index in [1.54, 1.807) is 0 Å². The average Bonchev–Trinajstić information content (AvgIpc) is 2.38. The van der Waals surface area contributed by atoms with Crippen LogP contribution in [0, 0.1) is 0 Å². The van der Waals surface area contributed by atoms with E-state index in [9.17, 15) is 4.79 Å². The first-order valence-electron chi connectivity index (χ1n) is 6.61. The van der Waals surface area contributed by atoms with Crippen LogP contribution in [0.1, 0.15) is 36.3 Å². The SMILES string of the molecule is CN1CCC(c2ccc(CCC=O)cc2Br)CC1. The standard InChI is InChI=1S/C15H20BrNO/c1-17-8-6-13(7-9-17)14-5-4-12(3-2-10-18)11-15(14)16/h4-5,10-11,13H,2-3,6-9H2,1H3. The molecule has 0 aliphatic carbocycles. The van der Waals surface area contributed by atoms with Crippen molar-refractivity contribution in [3.63, 3.8) is 0 Å². The highest BCUT2D eigenvalue weighted by atomic mass is 79.9. The number of aldehydes is 1. The van der Waals surface area contributed by atoms with Gasteiger partial charge in [-0.1, -0.05) is 28.1 Å². The predicted octanol–water partition coefficient (Wildman–Crippen LogP) is 3.39. The van der Waals surface area contributed by atoms with E-state index in [0.29, 0.717) is 12.3 Å². The van der Waals surface area contributed by atoms with Crippen LogP contribution in [-0.4, -0.2) is 31.3 Å². The van der Waals surface area contributed by atoms with Gasteiger partial charge in [0.05, 0.1) is 0 Å². The summed E-state index contributed by atoms with van der Waals surface area (Å²) >= 11 is 3.69. The summed E-state index contributed by atoms with van der Waals surface area (Å²) < 4.78 is 1.21. The zero-order valence-electron chi connectivity index (χ0n) is 10.9. The Hall–Kier alpha value is -0.670. The number of aryl methyl sites for hydroxylation is 1. The predicted molar refractivity (Wildman–Crippen MR) is 78.0 cm³/mol. The molecule has 0 saturated carbocycles. The minimum atomic E-state index is 0.611. The second kappa shape index (κ2) is 6.48. The number of rotatable bonds is 4. The number of hydrogen-bond donors (Lipinski definition) is 0. The largest absolute Gasteiger partial charge is 0.306 e. The molecular formula is C15H20BrNO. The molecule has 0 atom stereocenters. The topological polar surface area (TPSA) is 20.3 Å². The Bertz CT molecular complexity index is 411. The van der Waals surface area contributed by atoms with Crippen LogP contribution in [0.4, 0.5) is 0 Å². The summed E-state index contributed by atoms with van der Waals surface area (Å²) in [7, 11) is 2.19. The third-order valence-corrected chi connectivity index (χ3v) is 4.46. The lowest BCUT2D eigenvalue weighted by Crippen LogP contribution is -2.29. The van der Waals surface area contributed by atoms with Gasteiger partial charge >= 0.3 is 0 Å². The lowest BCUT2D eigenvalue weighted by molar-refractivity contribution is -0.107. The number of halogens is 1. The monoisotopic (exact) mass is 309 g/mol. The van der Waals surface area contributed by atoms with E-state index >= 15 is 0 Å². The van der Waals surface area contributed by atoms with Gasteiger partial charge in [0.15, 0.2) is 0 Å². The second-order valence-electron chi connectivity index (χ2n) is 5.14. The summed E-state index contributed by atoms with van der Waals surface area (Å²) in [6.07, 6.45) is 4.92. The van der Waals surface area contributed by atoms with Gasteiger partial charge in [-0.2, -0.15) is 0 Å². The Morgan fingerprint density at radius 2 is 2.11 bits per heavy atom. The van der Waals surface area contributed by atoms with Crippen LogP contribution < -0.4 is 0 Å². The molecule has 98 valence electrons. The molecule has 1 fully saturated rings. The maximum Gasteiger partial charge on any atom is 0.120 e. The first-order chi connectivity index (χ1) is 8.70. The number of hydrogen-bond acceptors (Lipinski definition) is 2. The van der Waals surface area contributed by atoms with Crippen LogP contribution in [0.5, 0.6) is 0 Å². The van der Waals surface area contributed by atoms with Gasteiger partial charge in [0.25, 0.3) is 0 Å². The second-order valence-corrected chi connectivity index (χ2v) is 5.99. The Balaban J connectivity index is 2.07. The molecule has 0 radical (unpaired) electrons. The van der Waals surface area contributed by atoms with Gasteiger partial charge < -0.3 is 9.69 Å². The van der Waals surface area contributed by atoms with Crippen molar-refractivity contribution in [1.29, 1.82) is 0 Å². The summed E-state index contributed by atoms with van der Waals surface area (Å²) in [5, 5.41) is 0. The molecule has 3 heteroatoms. The van der Waals surface area contributed by atoms with Crippen molar-refractivity contribution in [2.24, 2.45) is 0 Å². The van der Waals surface area contributed by atoms with E-state index in [4.69, 9.17) is 0 Å². The lowest BCUT2D eigenvalue weighted by atomic mass is 9.89. The maximum atomic E-state index is 10.4. The van der Waals surface area contributed by atoms with E-state index in [2.05, 4.69) is 46.1 Å². The molecule has 0 bridgehead atoms. The fourth-order valence-corrected chi connectivity index (χ4v) is 3.35. The van der Waals surface area contributed by atoms with E-state index in [1.165, 1.54) is 41.5 Å². The van der Waals surface area contributed by atoms with Gasteiger partial charge in [0.1, 0.15) is 6.29 Å². The van der Waals surface area contributed by atoms with Crippen molar-refractivity contribution in [3.05, 3.63) is 33.8 Å². The normalized spacial score (nSPS) is 17.9. The number of piperidine rings is 1. The van der Waals surface area contributed by atoms with Crippen molar-refractivity contribution in [2.75, 3.05) is 20.1 Å². The van der Waals surface area contributed by atoms with Gasteiger partial charge in [0.2, 0.25) is 0 Å². The highest BCUT2D eigenvalue weighted by Crippen LogP contribution is 2.33. The molecule has 2 nitrogen and oxygen atoms in total.